The molecule has 0 saturated carbocycles. The lowest BCUT2D eigenvalue weighted by Gasteiger charge is -2.14. The van der Waals surface area contributed by atoms with E-state index in [-0.39, 0.29) is 12.2 Å². The maximum Gasteiger partial charge on any atom is 0.0961 e. The molecule has 0 aliphatic carbocycles. The van der Waals surface area contributed by atoms with Gasteiger partial charge in [0.15, 0.2) is 0 Å². The highest BCUT2D eigenvalue weighted by atomic mass is 16.6. The molecule has 1 fully saturated rings. The summed E-state index contributed by atoms with van der Waals surface area (Å²) in [6.07, 6.45) is 1.02. The van der Waals surface area contributed by atoms with Crippen LogP contribution in [-0.2, 0) is 4.74 Å². The van der Waals surface area contributed by atoms with Crippen LogP contribution in [0.25, 0.3) is 0 Å². The molecule has 2 heteroatoms. The molecule has 54 valence electrons. The normalized spacial score (nSPS) is 36.3. The molecule has 1 aliphatic heterocycles. The predicted octanol–water partition coefficient (Wildman–Crippen LogP) is 0.794. The third-order valence-corrected chi connectivity index (χ3v) is 2.29. The van der Waals surface area contributed by atoms with Crippen LogP contribution in [0.4, 0.5) is 0 Å². The van der Waals surface area contributed by atoms with Crippen molar-refractivity contribution in [3.63, 3.8) is 0 Å². The number of hydrogen-bond acceptors (Lipinski definition) is 2. The largest absolute Gasteiger partial charge is 0.396 e. The van der Waals surface area contributed by atoms with Crippen LogP contribution in [-0.4, -0.2) is 23.9 Å². The van der Waals surface area contributed by atoms with Gasteiger partial charge in [-0.3, -0.25) is 0 Å². The van der Waals surface area contributed by atoms with Crippen LogP contribution in [0.5, 0.6) is 0 Å². The number of rotatable bonds is 3. The molecule has 2 nitrogen and oxygen atoms in total. The first kappa shape index (κ1) is 7.03. The Labute approximate surface area is 55.8 Å². The number of hydrogen-bond donors (Lipinski definition) is 1. The zero-order valence-corrected chi connectivity index (χ0v) is 6.05. The third kappa shape index (κ3) is 1.10. The standard InChI is InChI=1S/C7H14O2/c1-3-7(5-9-7)6(2)4-8/h6,8H,3-5H2,1-2H3. The van der Waals surface area contributed by atoms with Gasteiger partial charge in [0.05, 0.1) is 12.2 Å². The van der Waals surface area contributed by atoms with Crippen LogP contribution in [0.3, 0.4) is 0 Å². The van der Waals surface area contributed by atoms with Crippen LogP contribution in [0.15, 0.2) is 0 Å². The fourth-order valence-corrected chi connectivity index (χ4v) is 1.10. The van der Waals surface area contributed by atoms with Gasteiger partial charge in [0.25, 0.3) is 0 Å². The molecule has 1 N–H and O–H groups in total. The van der Waals surface area contributed by atoms with E-state index in [0.717, 1.165) is 13.0 Å². The van der Waals surface area contributed by atoms with Crippen molar-refractivity contribution in [2.75, 3.05) is 13.2 Å². The highest BCUT2D eigenvalue weighted by Gasteiger charge is 2.47. The first-order chi connectivity index (χ1) is 4.25. The lowest BCUT2D eigenvalue weighted by Crippen LogP contribution is -2.23. The van der Waals surface area contributed by atoms with Crippen LogP contribution < -0.4 is 0 Å². The second-order valence-electron chi connectivity index (χ2n) is 2.79. The zero-order chi connectivity index (χ0) is 6.91. The summed E-state index contributed by atoms with van der Waals surface area (Å²) in [4.78, 5) is 0. The van der Waals surface area contributed by atoms with E-state index in [4.69, 9.17) is 9.84 Å². The van der Waals surface area contributed by atoms with E-state index < -0.39 is 0 Å². The van der Waals surface area contributed by atoms with Gasteiger partial charge in [-0.2, -0.15) is 0 Å². The van der Waals surface area contributed by atoms with Gasteiger partial charge < -0.3 is 9.84 Å². The highest BCUT2D eigenvalue weighted by molar-refractivity contribution is 4.94. The molecule has 0 aromatic carbocycles. The van der Waals surface area contributed by atoms with Crippen LogP contribution >= 0.6 is 0 Å². The maximum absolute atomic E-state index is 8.76. The molecule has 1 saturated heterocycles. The molecule has 0 amide bonds. The fourth-order valence-electron chi connectivity index (χ4n) is 1.10. The Balaban J connectivity index is 2.39. The average Bonchev–Trinajstić information content (AvgIpc) is 2.66. The van der Waals surface area contributed by atoms with Gasteiger partial charge in [0.1, 0.15) is 0 Å². The zero-order valence-electron chi connectivity index (χ0n) is 6.05. The van der Waals surface area contributed by atoms with Gasteiger partial charge in [-0.25, -0.2) is 0 Å². The summed E-state index contributed by atoms with van der Waals surface area (Å²) in [5.41, 5.74) is 0.0503. The molecule has 1 heterocycles. The molecule has 9 heavy (non-hydrogen) atoms. The summed E-state index contributed by atoms with van der Waals surface area (Å²) >= 11 is 0. The lowest BCUT2D eigenvalue weighted by molar-refractivity contribution is 0.144. The fraction of sp³-hybridized carbons (Fsp3) is 1.00. The van der Waals surface area contributed by atoms with E-state index in [1.807, 2.05) is 6.92 Å². The van der Waals surface area contributed by atoms with Gasteiger partial charge >= 0.3 is 0 Å². The van der Waals surface area contributed by atoms with E-state index in [1.54, 1.807) is 0 Å². The van der Waals surface area contributed by atoms with Crippen LogP contribution in [0, 0.1) is 5.92 Å². The highest BCUT2D eigenvalue weighted by Crippen LogP contribution is 2.37. The Hall–Kier alpha value is -0.0800. The summed E-state index contributed by atoms with van der Waals surface area (Å²) in [5, 5.41) is 8.76. The average molecular weight is 130 g/mol. The third-order valence-electron chi connectivity index (χ3n) is 2.29. The second kappa shape index (κ2) is 2.27. The Bertz CT molecular complexity index is 97.1. The van der Waals surface area contributed by atoms with Gasteiger partial charge in [0.2, 0.25) is 0 Å². The quantitative estimate of drug-likeness (QED) is 0.573. The summed E-state index contributed by atoms with van der Waals surface area (Å²) in [7, 11) is 0. The minimum atomic E-state index is 0.0503. The molecule has 2 atom stereocenters. The predicted molar refractivity (Wildman–Crippen MR) is 35.2 cm³/mol. The maximum atomic E-state index is 8.76. The van der Waals surface area contributed by atoms with Crippen molar-refractivity contribution in [1.82, 2.24) is 0 Å². The minimum absolute atomic E-state index is 0.0503. The van der Waals surface area contributed by atoms with Crippen molar-refractivity contribution in [3.8, 4) is 0 Å². The monoisotopic (exact) mass is 130 g/mol. The van der Waals surface area contributed by atoms with Crippen molar-refractivity contribution in [3.05, 3.63) is 0 Å². The molecular formula is C7H14O2. The molecule has 2 unspecified atom stereocenters. The molecule has 0 radical (unpaired) electrons. The van der Waals surface area contributed by atoms with Gasteiger partial charge in [0, 0.05) is 12.5 Å². The van der Waals surface area contributed by atoms with Crippen LogP contribution in [0.2, 0.25) is 0 Å². The van der Waals surface area contributed by atoms with E-state index in [0.29, 0.717) is 5.92 Å². The van der Waals surface area contributed by atoms with Crippen LogP contribution in [0.1, 0.15) is 20.3 Å². The van der Waals surface area contributed by atoms with Gasteiger partial charge in [-0.05, 0) is 6.42 Å². The molecule has 0 aromatic rings. The molecule has 1 aliphatic rings. The van der Waals surface area contributed by atoms with Gasteiger partial charge in [-0.15, -0.1) is 0 Å². The Morgan fingerprint density at radius 3 is 2.44 bits per heavy atom. The molecular weight excluding hydrogens is 116 g/mol. The molecule has 0 aromatic heterocycles. The Kier molecular flexibility index (Phi) is 1.78. The van der Waals surface area contributed by atoms with Crippen molar-refractivity contribution < 1.29 is 9.84 Å². The minimum Gasteiger partial charge on any atom is -0.396 e. The number of ether oxygens (including phenoxy) is 1. The summed E-state index contributed by atoms with van der Waals surface area (Å²) in [5.74, 6) is 0.308. The summed E-state index contributed by atoms with van der Waals surface area (Å²) in [6, 6.07) is 0. The second-order valence-corrected chi connectivity index (χ2v) is 2.79. The smallest absolute Gasteiger partial charge is 0.0961 e. The number of aliphatic hydroxyl groups is 1. The summed E-state index contributed by atoms with van der Waals surface area (Å²) in [6.45, 7) is 5.20. The van der Waals surface area contributed by atoms with Crippen molar-refractivity contribution in [1.29, 1.82) is 0 Å². The Morgan fingerprint density at radius 2 is 2.33 bits per heavy atom. The summed E-state index contributed by atoms with van der Waals surface area (Å²) < 4.78 is 5.24. The number of epoxide rings is 1. The van der Waals surface area contributed by atoms with E-state index >= 15 is 0 Å². The van der Waals surface area contributed by atoms with E-state index in [2.05, 4.69) is 6.92 Å². The van der Waals surface area contributed by atoms with E-state index in [1.165, 1.54) is 0 Å². The molecule has 0 spiro atoms. The van der Waals surface area contributed by atoms with E-state index in [9.17, 15) is 0 Å². The van der Waals surface area contributed by atoms with Crippen molar-refractivity contribution in [2.24, 2.45) is 5.92 Å². The molecule has 1 rings (SSSR count). The first-order valence-electron chi connectivity index (χ1n) is 3.50. The topological polar surface area (TPSA) is 32.8 Å². The Morgan fingerprint density at radius 1 is 1.78 bits per heavy atom. The molecule has 0 bridgehead atoms. The van der Waals surface area contributed by atoms with Crippen molar-refractivity contribution >= 4 is 0 Å². The van der Waals surface area contributed by atoms with Crippen molar-refractivity contribution in [2.45, 2.75) is 25.9 Å². The van der Waals surface area contributed by atoms with Gasteiger partial charge in [-0.1, -0.05) is 13.8 Å². The lowest BCUT2D eigenvalue weighted by atomic mass is 9.93. The first-order valence-corrected chi connectivity index (χ1v) is 3.50. The SMILES string of the molecule is CCC1(C(C)CO)CO1. The number of aliphatic hydroxyl groups excluding tert-OH is 1.